The smallest absolute Gasteiger partial charge is 0.191 e. The largest absolute Gasteiger partial charge is 0.356 e. The second kappa shape index (κ2) is 9.39. The fourth-order valence-corrected chi connectivity index (χ4v) is 3.33. The molecule has 1 aromatic heterocycles. The van der Waals surface area contributed by atoms with Crippen molar-refractivity contribution in [2.75, 3.05) is 34.2 Å². The minimum atomic E-state index is -0.201. The zero-order chi connectivity index (χ0) is 17.4. The van der Waals surface area contributed by atoms with Crippen LogP contribution >= 0.6 is 11.3 Å². The molecule has 4 nitrogen and oxygen atoms in total. The van der Waals surface area contributed by atoms with Crippen molar-refractivity contribution in [3.63, 3.8) is 0 Å². The van der Waals surface area contributed by atoms with Gasteiger partial charge in [0.15, 0.2) is 5.96 Å². The number of guanidine groups is 1. The molecule has 0 aliphatic carbocycles. The van der Waals surface area contributed by atoms with Crippen molar-refractivity contribution in [1.29, 1.82) is 0 Å². The van der Waals surface area contributed by atoms with E-state index < -0.39 is 0 Å². The number of likely N-dealkylation sites (N-methyl/N-ethyl adjacent to an activating group) is 1. The van der Waals surface area contributed by atoms with Gasteiger partial charge in [0.2, 0.25) is 0 Å². The third-order valence-electron chi connectivity index (χ3n) is 3.80. The standard InChI is InChI=1S/C18H25FN4S/c1-20-18(21-11-10-14-6-8-15(19)9-7-14)22-13-16(23(2)3)17-5-4-12-24-17/h4-9,12,16H,10-11,13H2,1-3H3,(H2,20,21,22). The van der Waals surface area contributed by atoms with Gasteiger partial charge in [-0.3, -0.25) is 4.99 Å². The SMILES string of the molecule is CN=C(NCCc1ccc(F)cc1)NCC(c1cccs1)N(C)C. The lowest BCUT2D eigenvalue weighted by Crippen LogP contribution is -2.42. The second-order valence-corrected chi connectivity index (χ2v) is 6.73. The highest BCUT2D eigenvalue weighted by molar-refractivity contribution is 7.10. The first kappa shape index (κ1) is 18.4. The second-order valence-electron chi connectivity index (χ2n) is 5.75. The molecule has 6 heteroatoms. The van der Waals surface area contributed by atoms with Crippen LogP contribution in [0.4, 0.5) is 4.39 Å². The molecule has 0 aliphatic heterocycles. The Morgan fingerprint density at radius 1 is 1.21 bits per heavy atom. The molecule has 2 rings (SSSR count). The lowest BCUT2D eigenvalue weighted by Gasteiger charge is -2.24. The number of rotatable bonds is 7. The first-order valence-electron chi connectivity index (χ1n) is 7.99. The Hall–Kier alpha value is -1.92. The van der Waals surface area contributed by atoms with E-state index in [0.29, 0.717) is 6.04 Å². The Morgan fingerprint density at radius 3 is 2.54 bits per heavy atom. The summed E-state index contributed by atoms with van der Waals surface area (Å²) in [7, 11) is 5.93. The molecular weight excluding hydrogens is 323 g/mol. The van der Waals surface area contributed by atoms with Gasteiger partial charge in [-0.15, -0.1) is 11.3 Å². The summed E-state index contributed by atoms with van der Waals surface area (Å²) >= 11 is 1.76. The number of thiophene rings is 1. The molecule has 1 aromatic carbocycles. The third-order valence-corrected chi connectivity index (χ3v) is 4.77. The molecule has 0 saturated heterocycles. The predicted molar refractivity (Wildman–Crippen MR) is 100 cm³/mol. The van der Waals surface area contributed by atoms with E-state index in [9.17, 15) is 4.39 Å². The molecule has 1 heterocycles. The average molecular weight is 348 g/mol. The molecular formula is C18H25FN4S. The minimum absolute atomic E-state index is 0.201. The number of hydrogen-bond acceptors (Lipinski definition) is 3. The van der Waals surface area contributed by atoms with Crippen molar-refractivity contribution in [3.8, 4) is 0 Å². The molecule has 2 aromatic rings. The summed E-state index contributed by atoms with van der Waals surface area (Å²) in [6.07, 6.45) is 0.822. The van der Waals surface area contributed by atoms with Crippen molar-refractivity contribution >= 4 is 17.3 Å². The van der Waals surface area contributed by atoms with Gasteiger partial charge in [0.25, 0.3) is 0 Å². The molecule has 0 saturated carbocycles. The predicted octanol–water partition coefficient (Wildman–Crippen LogP) is 2.90. The lowest BCUT2D eigenvalue weighted by molar-refractivity contribution is 0.302. The van der Waals surface area contributed by atoms with E-state index in [1.165, 1.54) is 17.0 Å². The van der Waals surface area contributed by atoms with Crippen LogP contribution in [0.25, 0.3) is 0 Å². The van der Waals surface area contributed by atoms with Crippen LogP contribution in [0.2, 0.25) is 0 Å². The van der Waals surface area contributed by atoms with Crippen molar-refractivity contribution in [1.82, 2.24) is 15.5 Å². The number of benzene rings is 1. The van der Waals surface area contributed by atoms with E-state index in [1.54, 1.807) is 18.4 Å². The highest BCUT2D eigenvalue weighted by Gasteiger charge is 2.15. The highest BCUT2D eigenvalue weighted by Crippen LogP contribution is 2.22. The maximum atomic E-state index is 12.9. The van der Waals surface area contributed by atoms with E-state index in [4.69, 9.17) is 0 Å². The van der Waals surface area contributed by atoms with Crippen molar-refractivity contribution in [3.05, 3.63) is 58.0 Å². The Labute approximate surface area is 147 Å². The highest BCUT2D eigenvalue weighted by atomic mass is 32.1. The van der Waals surface area contributed by atoms with E-state index in [1.807, 2.05) is 12.1 Å². The fraction of sp³-hybridized carbons (Fsp3) is 0.389. The van der Waals surface area contributed by atoms with Crippen LogP contribution in [0.1, 0.15) is 16.5 Å². The summed E-state index contributed by atoms with van der Waals surface area (Å²) in [5, 5.41) is 8.78. The number of nitrogens with one attached hydrogen (secondary N) is 2. The Kier molecular flexibility index (Phi) is 7.21. The van der Waals surface area contributed by atoms with Crippen LogP contribution in [0, 0.1) is 5.82 Å². The summed E-state index contributed by atoms with van der Waals surface area (Å²) in [5.74, 6) is 0.577. The van der Waals surface area contributed by atoms with E-state index in [-0.39, 0.29) is 5.82 Å². The van der Waals surface area contributed by atoms with E-state index in [2.05, 4.69) is 52.1 Å². The number of hydrogen-bond donors (Lipinski definition) is 2. The number of halogens is 1. The van der Waals surface area contributed by atoms with Crippen LogP contribution < -0.4 is 10.6 Å². The Bertz CT molecular complexity index is 623. The monoisotopic (exact) mass is 348 g/mol. The quantitative estimate of drug-likeness (QED) is 0.597. The van der Waals surface area contributed by atoms with Crippen LogP contribution in [0.15, 0.2) is 46.8 Å². The van der Waals surface area contributed by atoms with Gasteiger partial charge in [-0.1, -0.05) is 18.2 Å². The van der Waals surface area contributed by atoms with Gasteiger partial charge in [-0.05, 0) is 49.7 Å². The molecule has 1 atom stereocenters. The molecule has 0 fully saturated rings. The minimum Gasteiger partial charge on any atom is -0.356 e. The Morgan fingerprint density at radius 2 is 1.96 bits per heavy atom. The van der Waals surface area contributed by atoms with Crippen molar-refractivity contribution in [2.24, 2.45) is 4.99 Å². The van der Waals surface area contributed by atoms with Gasteiger partial charge in [-0.25, -0.2) is 4.39 Å². The molecule has 1 unspecified atom stereocenters. The van der Waals surface area contributed by atoms with Gasteiger partial charge in [0.1, 0.15) is 5.82 Å². The molecule has 24 heavy (non-hydrogen) atoms. The van der Waals surface area contributed by atoms with Crippen LogP contribution in [-0.2, 0) is 6.42 Å². The zero-order valence-corrected chi connectivity index (χ0v) is 15.2. The molecule has 2 N–H and O–H groups in total. The molecule has 130 valence electrons. The fourth-order valence-electron chi connectivity index (χ4n) is 2.41. The number of nitrogens with zero attached hydrogens (tertiary/aromatic N) is 2. The molecule has 0 aliphatic rings. The van der Waals surface area contributed by atoms with E-state index in [0.717, 1.165) is 31.0 Å². The van der Waals surface area contributed by atoms with E-state index >= 15 is 0 Å². The van der Waals surface area contributed by atoms with Gasteiger partial charge >= 0.3 is 0 Å². The summed E-state index contributed by atoms with van der Waals surface area (Å²) in [5.41, 5.74) is 1.10. The topological polar surface area (TPSA) is 39.7 Å². The Balaban J connectivity index is 1.80. The molecule has 0 amide bonds. The average Bonchev–Trinajstić information content (AvgIpc) is 3.09. The van der Waals surface area contributed by atoms with Gasteiger partial charge in [-0.2, -0.15) is 0 Å². The molecule has 0 radical (unpaired) electrons. The zero-order valence-electron chi connectivity index (χ0n) is 14.4. The van der Waals surface area contributed by atoms with Gasteiger partial charge in [0, 0.05) is 25.0 Å². The van der Waals surface area contributed by atoms with Gasteiger partial charge in [0.05, 0.1) is 6.04 Å². The van der Waals surface area contributed by atoms with Gasteiger partial charge < -0.3 is 15.5 Å². The van der Waals surface area contributed by atoms with Crippen molar-refractivity contribution in [2.45, 2.75) is 12.5 Å². The third kappa shape index (κ3) is 5.62. The van der Waals surface area contributed by atoms with Crippen LogP contribution in [0.3, 0.4) is 0 Å². The summed E-state index contributed by atoms with van der Waals surface area (Å²) in [6, 6.07) is 11.1. The first-order chi connectivity index (χ1) is 11.6. The first-order valence-corrected chi connectivity index (χ1v) is 8.87. The van der Waals surface area contributed by atoms with Crippen molar-refractivity contribution < 1.29 is 4.39 Å². The molecule has 0 spiro atoms. The summed E-state index contributed by atoms with van der Waals surface area (Å²) < 4.78 is 12.9. The normalized spacial score (nSPS) is 13.1. The van der Waals surface area contributed by atoms with Crippen LogP contribution in [-0.4, -0.2) is 45.1 Å². The summed E-state index contributed by atoms with van der Waals surface area (Å²) in [6.45, 7) is 1.53. The maximum absolute atomic E-state index is 12.9. The summed E-state index contributed by atoms with van der Waals surface area (Å²) in [4.78, 5) is 7.79. The van der Waals surface area contributed by atoms with Crippen LogP contribution in [0.5, 0.6) is 0 Å². The number of aliphatic imine (C=N–C) groups is 1. The lowest BCUT2D eigenvalue weighted by atomic mass is 10.1. The maximum Gasteiger partial charge on any atom is 0.191 e. The molecule has 0 bridgehead atoms.